The first-order valence-electron chi connectivity index (χ1n) is 6.71. The van der Waals surface area contributed by atoms with Crippen LogP contribution in [0, 0.1) is 13.8 Å². The summed E-state index contributed by atoms with van der Waals surface area (Å²) in [6.07, 6.45) is 0. The Morgan fingerprint density at radius 1 is 1.04 bits per heavy atom. The molecule has 2 amide bonds. The van der Waals surface area contributed by atoms with E-state index in [2.05, 4.69) is 10.9 Å². The number of halogens is 3. The van der Waals surface area contributed by atoms with Gasteiger partial charge in [0.05, 0.1) is 20.6 Å². The van der Waals surface area contributed by atoms with Crippen molar-refractivity contribution in [2.24, 2.45) is 0 Å². The number of furan rings is 1. The lowest BCUT2D eigenvalue weighted by Gasteiger charge is -2.10. The third-order valence-corrected chi connectivity index (χ3v) is 3.95. The zero-order chi connectivity index (χ0) is 17.9. The molecule has 0 aliphatic carbocycles. The van der Waals surface area contributed by atoms with E-state index in [1.165, 1.54) is 12.1 Å². The van der Waals surface area contributed by atoms with Gasteiger partial charge in [-0.05, 0) is 26.0 Å². The molecule has 1 aromatic carbocycles. The van der Waals surface area contributed by atoms with E-state index in [1.54, 1.807) is 19.9 Å². The number of benzene rings is 1. The lowest BCUT2D eigenvalue weighted by atomic mass is 10.2. The van der Waals surface area contributed by atoms with Gasteiger partial charge in [0.2, 0.25) is 0 Å². The molecule has 1 aromatic heterocycles. The topological polar surface area (TPSA) is 80.6 Å². The molecule has 0 atom stereocenters. The van der Waals surface area contributed by atoms with Gasteiger partial charge in [0.1, 0.15) is 17.3 Å². The lowest BCUT2D eigenvalue weighted by Crippen LogP contribution is -2.43. The number of hydrazine groups is 1. The Balaban J connectivity index is 1.87. The standard InChI is InChI=1S/C15H13Cl3N2O4/c1-7-3-9(8(2)24-7)15(22)20-19-14(21)6-23-13-5-11(17)10(16)4-12(13)18/h3-5H,6H2,1-2H3,(H,19,21)(H,20,22). The van der Waals surface area contributed by atoms with Crippen molar-refractivity contribution in [3.05, 3.63) is 50.4 Å². The van der Waals surface area contributed by atoms with Crippen LogP contribution in [-0.2, 0) is 4.79 Å². The first-order valence-corrected chi connectivity index (χ1v) is 7.85. The van der Waals surface area contributed by atoms with Crippen molar-refractivity contribution in [1.82, 2.24) is 10.9 Å². The molecule has 0 saturated heterocycles. The zero-order valence-electron chi connectivity index (χ0n) is 12.7. The number of carbonyl (C=O) groups excluding carboxylic acids is 2. The van der Waals surface area contributed by atoms with Gasteiger partial charge in [-0.1, -0.05) is 34.8 Å². The highest BCUT2D eigenvalue weighted by atomic mass is 35.5. The molecule has 0 fully saturated rings. The van der Waals surface area contributed by atoms with Crippen LogP contribution in [0.3, 0.4) is 0 Å². The second-order valence-electron chi connectivity index (χ2n) is 4.81. The first-order chi connectivity index (χ1) is 11.3. The van der Waals surface area contributed by atoms with Crippen molar-refractivity contribution in [2.75, 3.05) is 6.61 Å². The molecule has 0 aliphatic heterocycles. The molecule has 9 heteroatoms. The van der Waals surface area contributed by atoms with Crippen LogP contribution in [-0.4, -0.2) is 18.4 Å². The van der Waals surface area contributed by atoms with Crippen molar-refractivity contribution in [2.45, 2.75) is 13.8 Å². The van der Waals surface area contributed by atoms with Crippen LogP contribution < -0.4 is 15.6 Å². The van der Waals surface area contributed by atoms with Crippen molar-refractivity contribution in [3.63, 3.8) is 0 Å². The maximum absolute atomic E-state index is 11.9. The van der Waals surface area contributed by atoms with Crippen LogP contribution in [0.1, 0.15) is 21.9 Å². The van der Waals surface area contributed by atoms with E-state index in [9.17, 15) is 9.59 Å². The van der Waals surface area contributed by atoms with E-state index in [1.807, 2.05) is 0 Å². The number of hydrogen-bond donors (Lipinski definition) is 2. The highest BCUT2D eigenvalue weighted by molar-refractivity contribution is 6.43. The van der Waals surface area contributed by atoms with Gasteiger partial charge >= 0.3 is 0 Å². The molecule has 2 N–H and O–H groups in total. The SMILES string of the molecule is Cc1cc(C(=O)NNC(=O)COc2cc(Cl)c(Cl)cc2Cl)c(C)o1. The molecule has 2 aromatic rings. The quantitative estimate of drug-likeness (QED) is 0.615. The normalized spacial score (nSPS) is 10.4. The first kappa shape index (κ1) is 18.4. The third-order valence-electron chi connectivity index (χ3n) is 2.93. The van der Waals surface area contributed by atoms with Gasteiger partial charge in [0.25, 0.3) is 11.8 Å². The minimum atomic E-state index is -0.580. The average molecular weight is 392 g/mol. The number of carbonyl (C=O) groups is 2. The highest BCUT2D eigenvalue weighted by Gasteiger charge is 2.15. The Kier molecular flexibility index (Phi) is 5.99. The van der Waals surface area contributed by atoms with E-state index in [4.69, 9.17) is 44.0 Å². The molecule has 1 heterocycles. The Labute approximate surface area is 153 Å². The summed E-state index contributed by atoms with van der Waals surface area (Å²) in [5.74, 6) is 0.183. The van der Waals surface area contributed by atoms with Gasteiger partial charge in [0.15, 0.2) is 6.61 Å². The number of nitrogens with one attached hydrogen (secondary N) is 2. The Hall–Kier alpha value is -1.89. The Morgan fingerprint density at radius 3 is 2.33 bits per heavy atom. The van der Waals surface area contributed by atoms with Crippen LogP contribution >= 0.6 is 34.8 Å². The Morgan fingerprint density at radius 2 is 1.71 bits per heavy atom. The lowest BCUT2D eigenvalue weighted by molar-refractivity contribution is -0.123. The summed E-state index contributed by atoms with van der Waals surface area (Å²) in [5.41, 5.74) is 4.83. The predicted molar refractivity (Wildman–Crippen MR) is 90.8 cm³/mol. The summed E-state index contributed by atoms with van der Waals surface area (Å²) in [7, 11) is 0. The third kappa shape index (κ3) is 4.56. The van der Waals surface area contributed by atoms with Crippen LogP contribution in [0.25, 0.3) is 0 Å². The van der Waals surface area contributed by atoms with E-state index >= 15 is 0 Å². The molecule has 6 nitrogen and oxygen atoms in total. The van der Waals surface area contributed by atoms with Gasteiger partial charge in [0, 0.05) is 6.07 Å². The fourth-order valence-electron chi connectivity index (χ4n) is 1.84. The fraction of sp³-hybridized carbons (Fsp3) is 0.200. The minimum Gasteiger partial charge on any atom is -0.482 e. The molecular formula is C15H13Cl3N2O4. The zero-order valence-corrected chi connectivity index (χ0v) is 15.0. The molecule has 24 heavy (non-hydrogen) atoms. The van der Waals surface area contributed by atoms with Gasteiger partial charge in [-0.2, -0.15) is 0 Å². The summed E-state index contributed by atoms with van der Waals surface area (Å²) in [4.78, 5) is 23.6. The number of hydrogen-bond acceptors (Lipinski definition) is 4. The van der Waals surface area contributed by atoms with Crippen molar-refractivity contribution in [3.8, 4) is 5.75 Å². The molecule has 0 spiro atoms. The molecule has 2 rings (SSSR count). The van der Waals surface area contributed by atoms with Crippen LogP contribution in [0.15, 0.2) is 22.6 Å². The maximum Gasteiger partial charge on any atom is 0.276 e. The predicted octanol–water partition coefficient (Wildman–Crippen LogP) is 3.70. The van der Waals surface area contributed by atoms with Crippen molar-refractivity contribution in [1.29, 1.82) is 0 Å². The van der Waals surface area contributed by atoms with Crippen LogP contribution in [0.4, 0.5) is 0 Å². The smallest absolute Gasteiger partial charge is 0.276 e. The number of ether oxygens (including phenoxy) is 1. The molecule has 0 aliphatic rings. The van der Waals surface area contributed by atoms with Gasteiger partial charge < -0.3 is 9.15 Å². The van der Waals surface area contributed by atoms with E-state index in [0.29, 0.717) is 17.1 Å². The summed E-state index contributed by atoms with van der Waals surface area (Å²) in [5, 5.41) is 0.734. The second-order valence-corrected chi connectivity index (χ2v) is 6.04. The molecule has 0 saturated carbocycles. The largest absolute Gasteiger partial charge is 0.482 e. The van der Waals surface area contributed by atoms with Gasteiger partial charge in [-0.15, -0.1) is 0 Å². The van der Waals surface area contributed by atoms with Crippen LogP contribution in [0.2, 0.25) is 15.1 Å². The van der Waals surface area contributed by atoms with E-state index in [0.717, 1.165) is 0 Å². The molecular weight excluding hydrogens is 379 g/mol. The molecule has 128 valence electrons. The highest BCUT2D eigenvalue weighted by Crippen LogP contribution is 2.33. The van der Waals surface area contributed by atoms with E-state index < -0.39 is 11.8 Å². The average Bonchev–Trinajstić information content (AvgIpc) is 2.85. The van der Waals surface area contributed by atoms with E-state index in [-0.39, 0.29) is 27.4 Å². The van der Waals surface area contributed by atoms with Crippen molar-refractivity contribution < 1.29 is 18.7 Å². The number of aryl methyl sites for hydroxylation is 2. The molecule has 0 unspecified atom stereocenters. The second kappa shape index (κ2) is 7.79. The monoisotopic (exact) mass is 390 g/mol. The summed E-state index contributed by atoms with van der Waals surface area (Å²) in [6.45, 7) is 3.00. The Bertz CT molecular complexity index is 789. The molecule has 0 radical (unpaired) electrons. The summed E-state index contributed by atoms with van der Waals surface area (Å²) < 4.78 is 10.5. The molecule has 0 bridgehead atoms. The number of amides is 2. The van der Waals surface area contributed by atoms with Gasteiger partial charge in [-0.3, -0.25) is 20.4 Å². The van der Waals surface area contributed by atoms with Crippen molar-refractivity contribution >= 4 is 46.6 Å². The number of rotatable bonds is 4. The van der Waals surface area contributed by atoms with Gasteiger partial charge in [-0.25, -0.2) is 0 Å². The summed E-state index contributed by atoms with van der Waals surface area (Å²) in [6, 6.07) is 4.38. The summed E-state index contributed by atoms with van der Waals surface area (Å²) >= 11 is 17.6. The minimum absolute atomic E-state index is 0.203. The maximum atomic E-state index is 11.9. The van der Waals surface area contributed by atoms with Crippen LogP contribution in [0.5, 0.6) is 5.75 Å². The fourth-order valence-corrected chi connectivity index (χ4v) is 2.44.